The molecule has 0 bridgehead atoms. The zero-order valence-electron chi connectivity index (χ0n) is 11.0. The lowest BCUT2D eigenvalue weighted by molar-refractivity contribution is 0.0951. The van der Waals surface area contributed by atoms with Crippen LogP contribution in [0.25, 0.3) is 0 Å². The highest BCUT2D eigenvalue weighted by Gasteiger charge is 2.04. The van der Waals surface area contributed by atoms with Gasteiger partial charge in [0.15, 0.2) is 0 Å². The maximum atomic E-state index is 12.0. The number of rotatable bonds is 3. The molecule has 1 amide bonds. The Balaban J connectivity index is 1.96. The molecule has 0 aliphatic heterocycles. The molecular weight excluding hydrogens is 250 g/mol. The van der Waals surface area contributed by atoms with E-state index in [0.29, 0.717) is 18.7 Å². The van der Waals surface area contributed by atoms with E-state index in [-0.39, 0.29) is 5.91 Å². The summed E-state index contributed by atoms with van der Waals surface area (Å²) in [4.78, 5) is 15.9. The fourth-order valence-corrected chi connectivity index (χ4v) is 1.64. The van der Waals surface area contributed by atoms with Crippen molar-refractivity contribution in [2.24, 2.45) is 5.73 Å². The highest BCUT2D eigenvalue weighted by atomic mass is 16.1. The number of carbonyl (C=O) groups is 1. The van der Waals surface area contributed by atoms with E-state index < -0.39 is 0 Å². The quantitative estimate of drug-likeness (QED) is 0.822. The fraction of sp³-hybridized carbons (Fsp3) is 0.125. The molecule has 1 heterocycles. The number of hydrogen-bond acceptors (Lipinski definition) is 3. The van der Waals surface area contributed by atoms with Crippen molar-refractivity contribution in [2.45, 2.75) is 6.54 Å². The zero-order chi connectivity index (χ0) is 14.2. The highest BCUT2D eigenvalue weighted by molar-refractivity contribution is 5.94. The summed E-state index contributed by atoms with van der Waals surface area (Å²) in [7, 11) is 0. The second kappa shape index (κ2) is 7.07. The summed E-state index contributed by atoms with van der Waals surface area (Å²) >= 11 is 0. The summed E-state index contributed by atoms with van der Waals surface area (Å²) in [5, 5.41) is 2.86. The number of nitrogens with one attached hydrogen (secondary N) is 1. The van der Waals surface area contributed by atoms with Crippen molar-refractivity contribution in [1.29, 1.82) is 0 Å². The highest BCUT2D eigenvalue weighted by Crippen LogP contribution is 2.04. The standard InChI is InChI=1S/C16H15N3O/c17-9-1-2-13-3-5-15(6-4-13)16(20)19-12-14-7-10-18-11-8-14/h3-8,10-11H,9,12,17H2,(H,19,20). The Morgan fingerprint density at radius 2 is 1.85 bits per heavy atom. The summed E-state index contributed by atoms with van der Waals surface area (Å²) in [5.41, 5.74) is 7.78. The van der Waals surface area contributed by atoms with Gasteiger partial charge < -0.3 is 11.1 Å². The Labute approximate surface area is 118 Å². The maximum absolute atomic E-state index is 12.0. The molecule has 0 fully saturated rings. The number of hydrogen-bond donors (Lipinski definition) is 2. The number of benzene rings is 1. The first-order valence-electron chi connectivity index (χ1n) is 6.25. The molecule has 0 saturated carbocycles. The van der Waals surface area contributed by atoms with E-state index in [1.165, 1.54) is 0 Å². The van der Waals surface area contributed by atoms with Crippen molar-refractivity contribution in [3.63, 3.8) is 0 Å². The predicted octanol–water partition coefficient (Wildman–Crippen LogP) is 1.32. The molecule has 20 heavy (non-hydrogen) atoms. The number of pyridine rings is 1. The van der Waals surface area contributed by atoms with Crippen LogP contribution in [0, 0.1) is 11.8 Å². The SMILES string of the molecule is NCC#Cc1ccc(C(=O)NCc2ccncc2)cc1. The first-order valence-corrected chi connectivity index (χ1v) is 6.25. The first-order chi connectivity index (χ1) is 9.79. The van der Waals surface area contributed by atoms with Crippen molar-refractivity contribution in [3.8, 4) is 11.8 Å². The van der Waals surface area contributed by atoms with Gasteiger partial charge in [-0.05, 0) is 42.0 Å². The number of amides is 1. The number of nitrogens with two attached hydrogens (primary N) is 1. The Kier molecular flexibility index (Phi) is 4.87. The lowest BCUT2D eigenvalue weighted by Gasteiger charge is -2.05. The fourth-order valence-electron chi connectivity index (χ4n) is 1.64. The van der Waals surface area contributed by atoms with Gasteiger partial charge in [0, 0.05) is 30.1 Å². The van der Waals surface area contributed by atoms with E-state index in [1.54, 1.807) is 24.5 Å². The lowest BCUT2D eigenvalue weighted by Crippen LogP contribution is -2.22. The molecule has 4 nitrogen and oxygen atoms in total. The maximum Gasteiger partial charge on any atom is 0.251 e. The van der Waals surface area contributed by atoms with Crippen molar-refractivity contribution in [1.82, 2.24) is 10.3 Å². The van der Waals surface area contributed by atoms with Gasteiger partial charge in [-0.3, -0.25) is 9.78 Å². The molecule has 1 aromatic carbocycles. The van der Waals surface area contributed by atoms with Crippen LogP contribution in [0.5, 0.6) is 0 Å². The topological polar surface area (TPSA) is 68.0 Å². The predicted molar refractivity (Wildman–Crippen MR) is 77.8 cm³/mol. The van der Waals surface area contributed by atoms with Gasteiger partial charge >= 0.3 is 0 Å². The van der Waals surface area contributed by atoms with Crippen molar-refractivity contribution in [3.05, 3.63) is 65.5 Å². The molecule has 1 aromatic heterocycles. The largest absolute Gasteiger partial charge is 0.348 e. The molecule has 3 N–H and O–H groups in total. The van der Waals surface area contributed by atoms with Crippen LogP contribution in [-0.4, -0.2) is 17.4 Å². The Hall–Kier alpha value is -2.64. The minimum absolute atomic E-state index is 0.111. The first kappa shape index (κ1) is 13.8. The van der Waals surface area contributed by atoms with Crippen molar-refractivity contribution in [2.75, 3.05) is 6.54 Å². The Morgan fingerprint density at radius 1 is 1.15 bits per heavy atom. The average Bonchev–Trinajstić information content (AvgIpc) is 2.52. The molecule has 0 unspecified atom stereocenters. The van der Waals surface area contributed by atoms with Crippen LogP contribution in [0.3, 0.4) is 0 Å². The third kappa shape index (κ3) is 3.94. The molecule has 0 radical (unpaired) electrons. The minimum atomic E-state index is -0.111. The van der Waals surface area contributed by atoms with E-state index in [2.05, 4.69) is 22.1 Å². The van der Waals surface area contributed by atoms with E-state index in [9.17, 15) is 4.79 Å². The normalized spacial score (nSPS) is 9.45. The van der Waals surface area contributed by atoms with Crippen molar-refractivity contribution < 1.29 is 4.79 Å². The summed E-state index contributed by atoms with van der Waals surface area (Å²) in [6.07, 6.45) is 3.40. The molecule has 0 aliphatic carbocycles. The molecule has 4 heteroatoms. The monoisotopic (exact) mass is 265 g/mol. The van der Waals surface area contributed by atoms with Gasteiger partial charge in [-0.25, -0.2) is 0 Å². The molecule has 100 valence electrons. The third-order valence-electron chi connectivity index (χ3n) is 2.68. The minimum Gasteiger partial charge on any atom is -0.348 e. The molecule has 0 aliphatic rings. The summed E-state index contributed by atoms with van der Waals surface area (Å²) in [6.45, 7) is 0.810. The summed E-state index contributed by atoms with van der Waals surface area (Å²) < 4.78 is 0. The average molecular weight is 265 g/mol. The molecule has 0 saturated heterocycles. The van der Waals surface area contributed by atoms with Crippen LogP contribution in [0.4, 0.5) is 0 Å². The van der Waals surface area contributed by atoms with Crippen LogP contribution in [0.1, 0.15) is 21.5 Å². The van der Waals surface area contributed by atoms with Crippen LogP contribution in [-0.2, 0) is 6.54 Å². The molecule has 0 spiro atoms. The molecule has 0 atom stereocenters. The molecule has 2 rings (SSSR count). The van der Waals surface area contributed by atoms with E-state index in [4.69, 9.17) is 5.73 Å². The van der Waals surface area contributed by atoms with Gasteiger partial charge in [0.05, 0.1) is 6.54 Å². The van der Waals surface area contributed by atoms with Gasteiger partial charge in [0.1, 0.15) is 0 Å². The van der Waals surface area contributed by atoms with Gasteiger partial charge in [-0.2, -0.15) is 0 Å². The smallest absolute Gasteiger partial charge is 0.251 e. The summed E-state index contributed by atoms with van der Waals surface area (Å²) in [6, 6.07) is 10.9. The Bertz CT molecular complexity index is 624. The number of aromatic nitrogens is 1. The van der Waals surface area contributed by atoms with Crippen LogP contribution < -0.4 is 11.1 Å². The summed E-state index contributed by atoms with van der Waals surface area (Å²) in [5.74, 6) is 5.57. The van der Waals surface area contributed by atoms with Gasteiger partial charge in [0.25, 0.3) is 5.91 Å². The van der Waals surface area contributed by atoms with E-state index in [1.807, 2.05) is 24.3 Å². The van der Waals surface area contributed by atoms with Crippen LogP contribution in [0.2, 0.25) is 0 Å². The van der Waals surface area contributed by atoms with Crippen LogP contribution in [0.15, 0.2) is 48.8 Å². The molecular formula is C16H15N3O. The molecule has 2 aromatic rings. The second-order valence-electron chi connectivity index (χ2n) is 4.12. The van der Waals surface area contributed by atoms with Gasteiger partial charge in [-0.15, -0.1) is 0 Å². The third-order valence-corrected chi connectivity index (χ3v) is 2.68. The van der Waals surface area contributed by atoms with E-state index in [0.717, 1.165) is 11.1 Å². The van der Waals surface area contributed by atoms with Crippen LogP contribution >= 0.6 is 0 Å². The lowest BCUT2D eigenvalue weighted by atomic mass is 10.1. The number of nitrogens with zero attached hydrogens (tertiary/aromatic N) is 1. The Morgan fingerprint density at radius 3 is 2.50 bits per heavy atom. The van der Waals surface area contributed by atoms with Gasteiger partial charge in [-0.1, -0.05) is 11.8 Å². The van der Waals surface area contributed by atoms with E-state index >= 15 is 0 Å². The number of carbonyl (C=O) groups excluding carboxylic acids is 1. The second-order valence-corrected chi connectivity index (χ2v) is 4.12. The van der Waals surface area contributed by atoms with Gasteiger partial charge in [0.2, 0.25) is 0 Å². The van der Waals surface area contributed by atoms with Crippen molar-refractivity contribution >= 4 is 5.91 Å². The zero-order valence-corrected chi connectivity index (χ0v) is 11.0.